The first-order chi connectivity index (χ1) is 8.99. The SMILES string of the molecule is CC(C)C1CCN(c2ccc([N+](=O)[O-])c(I)c2)CC1. The molecular formula is C14H19IN2O2. The van der Waals surface area contributed by atoms with Gasteiger partial charge in [0.2, 0.25) is 0 Å². The van der Waals surface area contributed by atoms with Gasteiger partial charge >= 0.3 is 0 Å². The first-order valence-electron chi connectivity index (χ1n) is 6.68. The molecule has 2 rings (SSSR count). The number of hydrogen-bond acceptors (Lipinski definition) is 3. The Labute approximate surface area is 127 Å². The summed E-state index contributed by atoms with van der Waals surface area (Å²) < 4.78 is 0.714. The number of piperidine rings is 1. The standard InChI is InChI=1S/C14H19IN2O2/c1-10(2)11-5-7-16(8-6-11)12-3-4-14(17(18)19)13(15)9-12/h3-4,9-11H,5-8H2,1-2H3. The second-order valence-corrected chi connectivity index (χ2v) is 6.62. The summed E-state index contributed by atoms with van der Waals surface area (Å²) in [6.45, 7) is 6.68. The number of nitro benzene ring substituents is 1. The summed E-state index contributed by atoms with van der Waals surface area (Å²) in [5, 5.41) is 10.8. The Morgan fingerprint density at radius 2 is 2.00 bits per heavy atom. The van der Waals surface area contributed by atoms with Gasteiger partial charge in [0.15, 0.2) is 0 Å². The highest BCUT2D eigenvalue weighted by atomic mass is 127. The Kier molecular flexibility index (Phi) is 4.65. The monoisotopic (exact) mass is 374 g/mol. The van der Waals surface area contributed by atoms with Gasteiger partial charge in [0.05, 0.1) is 8.49 Å². The lowest BCUT2D eigenvalue weighted by molar-refractivity contribution is -0.385. The van der Waals surface area contributed by atoms with Crippen molar-refractivity contribution in [2.75, 3.05) is 18.0 Å². The van der Waals surface area contributed by atoms with Gasteiger partial charge in [0, 0.05) is 24.8 Å². The van der Waals surface area contributed by atoms with Crippen LogP contribution in [0.3, 0.4) is 0 Å². The van der Waals surface area contributed by atoms with Crippen LogP contribution in [0, 0.1) is 25.5 Å². The molecule has 1 aliphatic rings. The van der Waals surface area contributed by atoms with Crippen LogP contribution in [0.1, 0.15) is 26.7 Å². The predicted octanol–water partition coefficient (Wildman–Crippen LogP) is 4.07. The van der Waals surface area contributed by atoms with Gasteiger partial charge in [-0.3, -0.25) is 10.1 Å². The summed E-state index contributed by atoms with van der Waals surface area (Å²) in [6, 6.07) is 5.41. The molecule has 1 aliphatic heterocycles. The molecule has 1 fully saturated rings. The lowest BCUT2D eigenvalue weighted by atomic mass is 9.86. The number of nitro groups is 1. The van der Waals surface area contributed by atoms with Crippen molar-refractivity contribution >= 4 is 34.0 Å². The summed E-state index contributed by atoms with van der Waals surface area (Å²) in [5.74, 6) is 1.56. The first-order valence-corrected chi connectivity index (χ1v) is 7.76. The first kappa shape index (κ1) is 14.6. The van der Waals surface area contributed by atoms with Gasteiger partial charge in [0.25, 0.3) is 5.69 Å². The fourth-order valence-corrected chi connectivity index (χ4v) is 3.36. The minimum atomic E-state index is -0.323. The fraction of sp³-hybridized carbons (Fsp3) is 0.571. The van der Waals surface area contributed by atoms with E-state index in [4.69, 9.17) is 0 Å². The highest BCUT2D eigenvalue weighted by molar-refractivity contribution is 14.1. The molecule has 1 saturated heterocycles. The van der Waals surface area contributed by atoms with E-state index < -0.39 is 0 Å². The van der Waals surface area contributed by atoms with Gasteiger partial charge in [0.1, 0.15) is 0 Å². The molecule has 0 amide bonds. The minimum absolute atomic E-state index is 0.196. The third-order valence-corrected chi connectivity index (χ3v) is 4.84. The molecule has 104 valence electrons. The average Bonchev–Trinajstić information content (AvgIpc) is 2.38. The Hall–Kier alpha value is -0.850. The maximum atomic E-state index is 10.8. The van der Waals surface area contributed by atoms with E-state index in [1.807, 2.05) is 34.7 Å². The van der Waals surface area contributed by atoms with Gasteiger partial charge < -0.3 is 4.90 Å². The molecule has 19 heavy (non-hydrogen) atoms. The van der Waals surface area contributed by atoms with Crippen molar-refractivity contribution in [3.05, 3.63) is 31.9 Å². The Bertz CT molecular complexity index is 469. The molecular weight excluding hydrogens is 355 g/mol. The Morgan fingerprint density at radius 1 is 1.37 bits per heavy atom. The van der Waals surface area contributed by atoms with Crippen LogP contribution in [0.15, 0.2) is 18.2 Å². The summed E-state index contributed by atoms with van der Waals surface area (Å²) in [6.07, 6.45) is 2.43. The zero-order chi connectivity index (χ0) is 14.0. The Balaban J connectivity index is 2.08. The second kappa shape index (κ2) is 6.07. The number of anilines is 1. The Morgan fingerprint density at radius 3 is 2.47 bits per heavy atom. The van der Waals surface area contributed by atoms with Crippen LogP contribution >= 0.6 is 22.6 Å². The van der Waals surface area contributed by atoms with Crippen LogP contribution < -0.4 is 4.90 Å². The molecule has 0 N–H and O–H groups in total. The smallest absolute Gasteiger partial charge is 0.282 e. The molecule has 5 heteroatoms. The van der Waals surface area contributed by atoms with Crippen LogP contribution in [0.2, 0.25) is 0 Å². The predicted molar refractivity (Wildman–Crippen MR) is 85.6 cm³/mol. The van der Waals surface area contributed by atoms with Gasteiger partial charge in [-0.1, -0.05) is 13.8 Å². The normalized spacial score (nSPS) is 16.9. The molecule has 1 heterocycles. The number of halogens is 1. The molecule has 0 atom stereocenters. The highest BCUT2D eigenvalue weighted by Crippen LogP contribution is 2.31. The van der Waals surface area contributed by atoms with Crippen molar-refractivity contribution in [3.8, 4) is 0 Å². The number of benzene rings is 1. The van der Waals surface area contributed by atoms with Gasteiger partial charge in [-0.2, -0.15) is 0 Å². The van der Waals surface area contributed by atoms with E-state index in [2.05, 4.69) is 18.7 Å². The van der Waals surface area contributed by atoms with Crippen molar-refractivity contribution in [3.63, 3.8) is 0 Å². The molecule has 0 saturated carbocycles. The van der Waals surface area contributed by atoms with E-state index >= 15 is 0 Å². The van der Waals surface area contributed by atoms with Crippen molar-refractivity contribution in [2.45, 2.75) is 26.7 Å². The van der Waals surface area contributed by atoms with Gasteiger partial charge in [-0.05, 0) is 59.4 Å². The molecule has 0 spiro atoms. The van der Waals surface area contributed by atoms with E-state index in [0.717, 1.165) is 30.6 Å². The van der Waals surface area contributed by atoms with Crippen molar-refractivity contribution in [1.29, 1.82) is 0 Å². The second-order valence-electron chi connectivity index (χ2n) is 5.46. The number of nitrogens with zero attached hydrogens (tertiary/aromatic N) is 2. The fourth-order valence-electron chi connectivity index (χ4n) is 2.66. The number of rotatable bonds is 3. The summed E-state index contributed by atoms with van der Waals surface area (Å²) in [7, 11) is 0. The lowest BCUT2D eigenvalue weighted by Crippen LogP contribution is -2.35. The third kappa shape index (κ3) is 3.38. The quantitative estimate of drug-likeness (QED) is 0.455. The van der Waals surface area contributed by atoms with E-state index in [1.165, 1.54) is 12.8 Å². The molecule has 0 bridgehead atoms. The zero-order valence-electron chi connectivity index (χ0n) is 11.3. The molecule has 0 radical (unpaired) electrons. The van der Waals surface area contributed by atoms with Crippen molar-refractivity contribution in [1.82, 2.24) is 0 Å². The van der Waals surface area contributed by atoms with Crippen LogP contribution in [0.4, 0.5) is 11.4 Å². The number of hydrogen-bond donors (Lipinski definition) is 0. The zero-order valence-corrected chi connectivity index (χ0v) is 13.5. The van der Waals surface area contributed by atoms with E-state index in [0.29, 0.717) is 3.57 Å². The molecule has 0 aliphatic carbocycles. The van der Waals surface area contributed by atoms with Crippen molar-refractivity contribution in [2.24, 2.45) is 11.8 Å². The maximum Gasteiger partial charge on any atom is 0.282 e. The topological polar surface area (TPSA) is 46.4 Å². The maximum absolute atomic E-state index is 10.8. The van der Waals surface area contributed by atoms with Crippen LogP contribution in [-0.4, -0.2) is 18.0 Å². The van der Waals surface area contributed by atoms with E-state index in [1.54, 1.807) is 6.07 Å². The molecule has 4 nitrogen and oxygen atoms in total. The average molecular weight is 374 g/mol. The van der Waals surface area contributed by atoms with Crippen LogP contribution in [0.25, 0.3) is 0 Å². The van der Waals surface area contributed by atoms with E-state index in [-0.39, 0.29) is 10.6 Å². The van der Waals surface area contributed by atoms with Gasteiger partial charge in [-0.25, -0.2) is 0 Å². The lowest BCUT2D eigenvalue weighted by Gasteiger charge is -2.35. The van der Waals surface area contributed by atoms with Gasteiger partial charge in [-0.15, -0.1) is 0 Å². The molecule has 1 aromatic rings. The molecule has 1 aromatic carbocycles. The van der Waals surface area contributed by atoms with Crippen LogP contribution in [-0.2, 0) is 0 Å². The third-order valence-electron chi connectivity index (χ3n) is 3.98. The van der Waals surface area contributed by atoms with E-state index in [9.17, 15) is 10.1 Å². The summed E-state index contributed by atoms with van der Waals surface area (Å²) in [4.78, 5) is 12.8. The van der Waals surface area contributed by atoms with Crippen LogP contribution in [0.5, 0.6) is 0 Å². The van der Waals surface area contributed by atoms with Crippen molar-refractivity contribution < 1.29 is 4.92 Å². The minimum Gasteiger partial charge on any atom is -0.371 e. The molecule has 0 aromatic heterocycles. The molecule has 0 unspecified atom stereocenters. The summed E-state index contributed by atoms with van der Waals surface area (Å²) in [5.41, 5.74) is 1.30. The largest absolute Gasteiger partial charge is 0.371 e. The highest BCUT2D eigenvalue weighted by Gasteiger charge is 2.22. The summed E-state index contributed by atoms with van der Waals surface area (Å²) >= 11 is 2.04.